The summed E-state index contributed by atoms with van der Waals surface area (Å²) < 4.78 is 5.02. The maximum absolute atomic E-state index is 5.54. The number of thiophene rings is 1. The van der Waals surface area contributed by atoms with Crippen molar-refractivity contribution in [2.45, 2.75) is 6.17 Å². The number of hydrogen-bond acceptors (Lipinski definition) is 4. The molecule has 0 radical (unpaired) electrons. The summed E-state index contributed by atoms with van der Waals surface area (Å²) in [5, 5.41) is 20.9. The number of amidine groups is 2. The van der Waals surface area contributed by atoms with Gasteiger partial charge >= 0.3 is 0 Å². The molecule has 5 heteroatoms. The highest BCUT2D eigenvalue weighted by atomic mass is 32.1. The van der Waals surface area contributed by atoms with Crippen molar-refractivity contribution in [1.29, 1.82) is 0 Å². The van der Waals surface area contributed by atoms with Gasteiger partial charge in [-0.2, -0.15) is 0 Å². The highest BCUT2D eigenvalue weighted by Gasteiger charge is 2.25. The fourth-order valence-electron chi connectivity index (χ4n) is 11.2. The number of aliphatic imine (C=N–C) groups is 2. The van der Waals surface area contributed by atoms with Crippen molar-refractivity contribution in [2.24, 2.45) is 9.98 Å². The Morgan fingerprint density at radius 3 is 1.61 bits per heavy atom. The molecule has 0 saturated carbocycles. The maximum atomic E-state index is 5.54. The quantitative estimate of drug-likeness (QED) is 0.172. The molecule has 0 fully saturated rings. The predicted octanol–water partition coefficient (Wildman–Crippen LogP) is 17.1. The molecule has 0 bridgehead atoms. The Morgan fingerprint density at radius 1 is 0.357 bits per heavy atom. The Hall–Kier alpha value is -8.90. The normalized spacial score (nSPS) is 13.4. The van der Waals surface area contributed by atoms with E-state index in [0.29, 0.717) is 0 Å². The van der Waals surface area contributed by atoms with Crippen molar-refractivity contribution in [1.82, 2.24) is 9.88 Å². The van der Waals surface area contributed by atoms with Crippen LogP contribution in [0.15, 0.2) is 241 Å². The first-order valence-electron chi connectivity index (χ1n) is 23.9. The van der Waals surface area contributed by atoms with E-state index >= 15 is 0 Å². The van der Waals surface area contributed by atoms with Gasteiger partial charge in [-0.15, -0.1) is 11.3 Å². The Morgan fingerprint density at radius 2 is 0.914 bits per heavy atom. The van der Waals surface area contributed by atoms with Gasteiger partial charge in [0.1, 0.15) is 11.7 Å². The smallest absolute Gasteiger partial charge is 0.169 e. The molecule has 70 heavy (non-hydrogen) atoms. The van der Waals surface area contributed by atoms with Crippen molar-refractivity contribution >= 4 is 119 Å². The van der Waals surface area contributed by atoms with Crippen LogP contribution < -0.4 is 5.32 Å². The molecule has 0 unspecified atom stereocenters. The standard InChI is InChI=1S/C65H40N4S/c1-2-15-42-38-60-56(36-41(42)14-1)52-18-7-9-22-58(52)69(60)59-33-30-47(37-57(59)55-21-11-20-54-53-19-8-10-23-61(53)70-62(54)55)65-67-63(45-28-31-50-43(34-45)26-24-39-12-3-5-16-48(39)50)66-64(68-65)46-29-32-51-44(35-46)27-25-40-13-4-6-17-49(40)51/h1-38,65H,(H,66,67,68). The van der Waals surface area contributed by atoms with E-state index < -0.39 is 6.17 Å². The summed E-state index contributed by atoms with van der Waals surface area (Å²) in [5.74, 6) is 1.57. The Bertz CT molecular complexity index is 4460. The lowest BCUT2D eigenvalue weighted by molar-refractivity contribution is 0.756. The van der Waals surface area contributed by atoms with Crippen LogP contribution in [0.25, 0.3) is 113 Å². The second-order valence-electron chi connectivity index (χ2n) is 18.5. The third kappa shape index (κ3) is 6.08. The molecule has 15 rings (SSSR count). The van der Waals surface area contributed by atoms with Crippen LogP contribution in [0.1, 0.15) is 22.9 Å². The number of hydrogen-bond donors (Lipinski definition) is 1. The fourth-order valence-corrected chi connectivity index (χ4v) is 12.4. The monoisotopic (exact) mass is 908 g/mol. The van der Waals surface area contributed by atoms with Gasteiger partial charge in [-0.1, -0.05) is 182 Å². The SMILES string of the molecule is c1ccc2cc3c(cc2c1)c1ccccc1n3-c1ccc(C2N=C(c3ccc4c(ccc5ccccc54)c3)NC(c3ccc4c(ccc5ccccc54)c3)=N2)cc1-c1cccc2c1sc1ccccc12. The molecule has 0 amide bonds. The first kappa shape index (κ1) is 39.1. The van der Waals surface area contributed by atoms with Crippen LogP contribution in [0.2, 0.25) is 0 Å². The van der Waals surface area contributed by atoms with Crippen LogP contribution in [0.4, 0.5) is 0 Å². The van der Waals surface area contributed by atoms with E-state index in [1.807, 2.05) is 11.3 Å². The van der Waals surface area contributed by atoms with Crippen molar-refractivity contribution in [2.75, 3.05) is 0 Å². The summed E-state index contributed by atoms with van der Waals surface area (Å²) >= 11 is 1.86. The molecule has 326 valence electrons. The van der Waals surface area contributed by atoms with Crippen LogP contribution in [0.5, 0.6) is 0 Å². The molecule has 0 saturated heterocycles. The lowest BCUT2D eigenvalue weighted by Gasteiger charge is -2.24. The Labute approximate surface area is 406 Å². The summed E-state index contributed by atoms with van der Waals surface area (Å²) in [5.41, 5.74) is 8.81. The zero-order chi connectivity index (χ0) is 45.9. The number of fused-ring (bicyclic) bond motifs is 13. The Balaban J connectivity index is 0.969. The Kier molecular flexibility index (Phi) is 8.56. The van der Waals surface area contributed by atoms with E-state index in [1.165, 1.54) is 101 Å². The van der Waals surface area contributed by atoms with E-state index in [2.05, 4.69) is 240 Å². The van der Waals surface area contributed by atoms with Crippen LogP contribution in [-0.4, -0.2) is 16.2 Å². The number of nitrogens with zero attached hydrogens (tertiary/aromatic N) is 3. The predicted molar refractivity (Wildman–Crippen MR) is 298 cm³/mol. The van der Waals surface area contributed by atoms with Gasteiger partial charge in [0.2, 0.25) is 0 Å². The molecular formula is C65H40N4S. The molecule has 1 N–H and O–H groups in total. The highest BCUT2D eigenvalue weighted by Crippen LogP contribution is 2.45. The van der Waals surface area contributed by atoms with Crippen LogP contribution >= 0.6 is 11.3 Å². The first-order chi connectivity index (χ1) is 34.7. The number of para-hydroxylation sites is 1. The van der Waals surface area contributed by atoms with E-state index in [4.69, 9.17) is 9.98 Å². The van der Waals surface area contributed by atoms with Crippen molar-refractivity contribution in [3.63, 3.8) is 0 Å². The zero-order valence-corrected chi connectivity index (χ0v) is 38.6. The number of benzene rings is 12. The average molecular weight is 909 g/mol. The topological polar surface area (TPSA) is 41.7 Å². The average Bonchev–Trinajstić information content (AvgIpc) is 3.97. The second-order valence-corrected chi connectivity index (χ2v) is 19.6. The fraction of sp³-hybridized carbons (Fsp3) is 0.0154. The van der Waals surface area contributed by atoms with Gasteiger partial charge in [0.25, 0.3) is 0 Å². The van der Waals surface area contributed by atoms with Gasteiger partial charge in [0, 0.05) is 53.2 Å². The van der Waals surface area contributed by atoms with Crippen molar-refractivity contribution < 1.29 is 0 Å². The second kappa shape index (κ2) is 15.3. The summed E-state index contributed by atoms with van der Waals surface area (Å²) in [4.78, 5) is 11.1. The van der Waals surface area contributed by atoms with Gasteiger partial charge < -0.3 is 9.88 Å². The molecule has 0 aliphatic carbocycles. The zero-order valence-electron chi connectivity index (χ0n) is 37.8. The summed E-state index contributed by atoms with van der Waals surface area (Å²) in [6, 6.07) is 84.3. The van der Waals surface area contributed by atoms with Crippen LogP contribution in [-0.2, 0) is 0 Å². The van der Waals surface area contributed by atoms with Crippen LogP contribution in [0.3, 0.4) is 0 Å². The van der Waals surface area contributed by atoms with Crippen molar-refractivity contribution in [3.8, 4) is 16.8 Å². The highest BCUT2D eigenvalue weighted by molar-refractivity contribution is 7.26. The van der Waals surface area contributed by atoms with Crippen molar-refractivity contribution in [3.05, 3.63) is 247 Å². The van der Waals surface area contributed by atoms with Gasteiger partial charge in [0.05, 0.1) is 16.7 Å². The molecule has 1 aliphatic rings. The van der Waals surface area contributed by atoms with E-state index in [0.717, 1.165) is 39.6 Å². The van der Waals surface area contributed by atoms with Gasteiger partial charge in [0.15, 0.2) is 6.17 Å². The van der Waals surface area contributed by atoms with E-state index in [9.17, 15) is 0 Å². The number of rotatable bonds is 5. The molecule has 0 atom stereocenters. The lowest BCUT2D eigenvalue weighted by Crippen LogP contribution is -2.36. The number of nitrogens with one attached hydrogen (secondary N) is 1. The van der Waals surface area contributed by atoms with E-state index in [1.54, 1.807) is 0 Å². The van der Waals surface area contributed by atoms with Gasteiger partial charge in [-0.25, -0.2) is 9.98 Å². The lowest BCUT2D eigenvalue weighted by atomic mass is 9.97. The minimum atomic E-state index is -0.539. The summed E-state index contributed by atoms with van der Waals surface area (Å²) in [7, 11) is 0. The first-order valence-corrected chi connectivity index (χ1v) is 24.7. The molecular weight excluding hydrogens is 869 g/mol. The summed E-state index contributed by atoms with van der Waals surface area (Å²) in [6.07, 6.45) is -0.539. The minimum absolute atomic E-state index is 0.539. The summed E-state index contributed by atoms with van der Waals surface area (Å²) in [6.45, 7) is 0. The molecule has 12 aromatic carbocycles. The molecule has 0 spiro atoms. The van der Waals surface area contributed by atoms with Gasteiger partial charge in [-0.3, -0.25) is 0 Å². The molecule has 2 aromatic heterocycles. The maximum Gasteiger partial charge on any atom is 0.169 e. The largest absolute Gasteiger partial charge is 0.324 e. The number of aromatic nitrogens is 1. The third-order valence-electron chi connectivity index (χ3n) is 14.6. The van der Waals surface area contributed by atoms with E-state index in [-0.39, 0.29) is 0 Å². The third-order valence-corrected chi connectivity index (χ3v) is 15.8. The minimum Gasteiger partial charge on any atom is -0.324 e. The van der Waals surface area contributed by atoms with Gasteiger partial charge in [-0.05, 0) is 108 Å². The molecule has 1 aliphatic heterocycles. The molecule has 14 aromatic rings. The molecule has 4 nitrogen and oxygen atoms in total. The van der Waals surface area contributed by atoms with Crippen LogP contribution in [0, 0.1) is 0 Å². The molecule has 3 heterocycles.